The Morgan fingerprint density at radius 1 is 0.974 bits per heavy atom. The Bertz CT molecular complexity index is 1670. The van der Waals surface area contributed by atoms with Crippen LogP contribution in [0.25, 0.3) is 16.6 Å². The van der Waals surface area contributed by atoms with Crippen LogP contribution in [-0.4, -0.2) is 51.2 Å². The van der Waals surface area contributed by atoms with Gasteiger partial charge in [0.15, 0.2) is 0 Å². The number of carboxylic acid groups (broad SMARTS) is 1. The van der Waals surface area contributed by atoms with E-state index in [2.05, 4.69) is 5.32 Å². The summed E-state index contributed by atoms with van der Waals surface area (Å²) in [6.07, 6.45) is -0.0536. The van der Waals surface area contributed by atoms with Crippen molar-refractivity contribution in [2.24, 2.45) is 7.05 Å². The number of carbonyl (C=O) groups is 2. The second-order valence-electron chi connectivity index (χ2n) is 9.40. The molecular weight excluding hydrogens is 543 g/mol. The molecule has 0 fully saturated rings. The van der Waals surface area contributed by atoms with Crippen LogP contribution in [0, 0.1) is 0 Å². The molecule has 0 bridgehead atoms. The molecule has 1 amide bonds. The molecule has 0 aliphatic carbocycles. The molecule has 0 spiro atoms. The number of nitrogens with one attached hydrogen (secondary N) is 1. The van der Waals surface area contributed by atoms with Gasteiger partial charge >= 0.3 is 11.7 Å². The van der Waals surface area contributed by atoms with E-state index in [9.17, 15) is 24.3 Å². The molecule has 0 saturated heterocycles. The van der Waals surface area contributed by atoms with E-state index in [4.69, 9.17) is 23.2 Å². The second kappa shape index (κ2) is 11.4. The van der Waals surface area contributed by atoms with Gasteiger partial charge in [-0.05, 0) is 61.6 Å². The van der Waals surface area contributed by atoms with E-state index in [1.54, 1.807) is 49.5 Å². The zero-order valence-corrected chi connectivity index (χ0v) is 23.0. The fourth-order valence-corrected chi connectivity index (χ4v) is 4.93. The Kier molecular flexibility index (Phi) is 8.25. The van der Waals surface area contributed by atoms with Crippen LogP contribution in [0.3, 0.4) is 0 Å². The number of aromatic nitrogens is 2. The Hall–Kier alpha value is -3.92. The van der Waals surface area contributed by atoms with Crippen LogP contribution in [0.4, 0.5) is 0 Å². The van der Waals surface area contributed by atoms with Gasteiger partial charge in [0.2, 0.25) is 0 Å². The highest BCUT2D eigenvalue weighted by atomic mass is 35.5. The topological polar surface area (TPSA) is 114 Å². The molecule has 39 heavy (non-hydrogen) atoms. The second-order valence-corrected chi connectivity index (χ2v) is 10.2. The Morgan fingerprint density at radius 3 is 2.18 bits per heavy atom. The fraction of sp³-hybridized carbons (Fsp3) is 0.214. The van der Waals surface area contributed by atoms with E-state index in [-0.39, 0.29) is 22.0 Å². The van der Waals surface area contributed by atoms with Crippen molar-refractivity contribution in [3.05, 3.63) is 108 Å². The highest BCUT2D eigenvalue weighted by molar-refractivity contribution is 6.39. The van der Waals surface area contributed by atoms with Crippen molar-refractivity contribution in [2.45, 2.75) is 19.0 Å². The summed E-state index contributed by atoms with van der Waals surface area (Å²) in [5.74, 6) is -1.96. The smallest absolute Gasteiger partial charge is 0.335 e. The normalized spacial score (nSPS) is 12.1. The molecule has 4 aromatic rings. The first-order chi connectivity index (χ1) is 18.5. The lowest BCUT2D eigenvalue weighted by molar-refractivity contribution is -0.139. The van der Waals surface area contributed by atoms with Crippen molar-refractivity contribution in [3.63, 3.8) is 0 Å². The molecular formula is C28H26Cl2N4O5. The van der Waals surface area contributed by atoms with E-state index in [1.165, 1.54) is 16.7 Å². The molecule has 1 atom stereocenters. The molecule has 0 aliphatic rings. The predicted molar refractivity (Wildman–Crippen MR) is 151 cm³/mol. The number of nitrogens with zero attached hydrogens (tertiary/aromatic N) is 3. The lowest BCUT2D eigenvalue weighted by atomic mass is 10.0. The van der Waals surface area contributed by atoms with Crippen LogP contribution in [0.15, 0.2) is 70.3 Å². The summed E-state index contributed by atoms with van der Waals surface area (Å²) in [6, 6.07) is 15.1. The first kappa shape index (κ1) is 28.1. The largest absolute Gasteiger partial charge is 0.480 e. The standard InChI is InChI=1S/C28H26Cl2N4O5/c1-32(2)15-17-9-12-23-19(13-17)26(36)34(28(39)33(23)3)18-10-7-16(8-11-18)14-22(27(37)38)31-25(35)24-20(29)5-4-6-21(24)30/h4-13,22H,14-15H2,1-3H3,(H,31,35)(H,37,38)/t22-/m0/s1. The van der Waals surface area contributed by atoms with Gasteiger partial charge in [0, 0.05) is 20.0 Å². The molecule has 1 aromatic heterocycles. The predicted octanol–water partition coefficient (Wildman–Crippen LogP) is 3.48. The van der Waals surface area contributed by atoms with Gasteiger partial charge in [0.05, 0.1) is 32.2 Å². The maximum Gasteiger partial charge on any atom is 0.335 e. The molecule has 1 heterocycles. The van der Waals surface area contributed by atoms with Crippen molar-refractivity contribution in [3.8, 4) is 5.69 Å². The van der Waals surface area contributed by atoms with Gasteiger partial charge in [-0.3, -0.25) is 14.2 Å². The molecule has 0 aliphatic heterocycles. The summed E-state index contributed by atoms with van der Waals surface area (Å²) >= 11 is 12.2. The summed E-state index contributed by atoms with van der Waals surface area (Å²) in [4.78, 5) is 53.1. The summed E-state index contributed by atoms with van der Waals surface area (Å²) in [5.41, 5.74) is 1.40. The number of carboxylic acids is 1. The Morgan fingerprint density at radius 2 is 1.59 bits per heavy atom. The molecule has 202 valence electrons. The van der Waals surface area contributed by atoms with E-state index >= 15 is 0 Å². The first-order valence-electron chi connectivity index (χ1n) is 11.9. The molecule has 11 heteroatoms. The molecule has 0 radical (unpaired) electrons. The molecule has 4 rings (SSSR count). The van der Waals surface area contributed by atoms with Gasteiger partial charge in [-0.1, -0.05) is 47.5 Å². The van der Waals surface area contributed by atoms with E-state index in [0.29, 0.717) is 28.7 Å². The number of aryl methyl sites for hydroxylation is 1. The van der Waals surface area contributed by atoms with E-state index in [0.717, 1.165) is 10.1 Å². The average Bonchev–Trinajstić information content (AvgIpc) is 2.87. The number of benzene rings is 3. The van der Waals surface area contributed by atoms with E-state index in [1.807, 2.05) is 25.1 Å². The zero-order chi connectivity index (χ0) is 28.4. The van der Waals surface area contributed by atoms with Crippen molar-refractivity contribution < 1.29 is 14.7 Å². The SMILES string of the molecule is CN(C)Cc1ccc2c(c1)c(=O)n(-c1ccc(C[C@H](NC(=O)c3c(Cl)cccc3Cl)C(=O)O)cc1)c(=O)n2C. The van der Waals surface area contributed by atoms with Gasteiger partial charge in [-0.2, -0.15) is 0 Å². The quantitative estimate of drug-likeness (QED) is 0.336. The maximum absolute atomic E-state index is 13.4. The third kappa shape index (κ3) is 5.90. The van der Waals surface area contributed by atoms with E-state index < -0.39 is 29.2 Å². The molecule has 2 N–H and O–H groups in total. The van der Waals surface area contributed by atoms with Crippen LogP contribution in [-0.2, 0) is 24.8 Å². The zero-order valence-electron chi connectivity index (χ0n) is 21.4. The Labute approximate surface area is 233 Å². The summed E-state index contributed by atoms with van der Waals surface area (Å²) < 4.78 is 2.50. The minimum atomic E-state index is -1.28. The van der Waals surface area contributed by atoms with Crippen molar-refractivity contribution >= 4 is 46.0 Å². The third-order valence-corrected chi connectivity index (χ3v) is 6.89. The highest BCUT2D eigenvalue weighted by Crippen LogP contribution is 2.24. The van der Waals surface area contributed by atoms with Gasteiger partial charge in [0.25, 0.3) is 11.5 Å². The van der Waals surface area contributed by atoms with Crippen LogP contribution in [0.1, 0.15) is 21.5 Å². The number of amides is 1. The van der Waals surface area contributed by atoms with Gasteiger partial charge < -0.3 is 15.3 Å². The first-order valence-corrected chi connectivity index (χ1v) is 12.7. The number of fused-ring (bicyclic) bond motifs is 1. The summed E-state index contributed by atoms with van der Waals surface area (Å²) in [6.45, 7) is 0.636. The van der Waals surface area contributed by atoms with Crippen molar-refractivity contribution in [2.75, 3.05) is 14.1 Å². The number of halogens is 2. The number of hydrogen-bond donors (Lipinski definition) is 2. The fourth-order valence-electron chi connectivity index (χ4n) is 4.36. The van der Waals surface area contributed by atoms with Crippen molar-refractivity contribution in [1.82, 2.24) is 19.4 Å². The molecule has 0 unspecified atom stereocenters. The minimum Gasteiger partial charge on any atom is -0.480 e. The molecule has 3 aromatic carbocycles. The van der Waals surface area contributed by atoms with Crippen molar-refractivity contribution in [1.29, 1.82) is 0 Å². The average molecular weight is 569 g/mol. The third-order valence-electron chi connectivity index (χ3n) is 6.26. The van der Waals surface area contributed by atoms with Gasteiger partial charge in [-0.25, -0.2) is 14.2 Å². The van der Waals surface area contributed by atoms with Crippen LogP contribution < -0.4 is 16.6 Å². The minimum absolute atomic E-state index is 0.0114. The summed E-state index contributed by atoms with van der Waals surface area (Å²) in [5, 5.41) is 12.8. The van der Waals surface area contributed by atoms with Gasteiger partial charge in [-0.15, -0.1) is 0 Å². The van der Waals surface area contributed by atoms with Crippen LogP contribution in [0.2, 0.25) is 10.0 Å². The highest BCUT2D eigenvalue weighted by Gasteiger charge is 2.24. The number of aliphatic carboxylic acids is 1. The number of carbonyl (C=O) groups excluding carboxylic acids is 1. The number of rotatable bonds is 8. The Balaban J connectivity index is 1.63. The monoisotopic (exact) mass is 568 g/mol. The summed E-state index contributed by atoms with van der Waals surface area (Å²) in [7, 11) is 5.46. The lowest BCUT2D eigenvalue weighted by Gasteiger charge is -2.16. The lowest BCUT2D eigenvalue weighted by Crippen LogP contribution is -2.42. The van der Waals surface area contributed by atoms with Gasteiger partial charge in [0.1, 0.15) is 6.04 Å². The maximum atomic E-state index is 13.4. The number of hydrogen-bond acceptors (Lipinski definition) is 5. The van der Waals surface area contributed by atoms with Crippen LogP contribution >= 0.6 is 23.2 Å². The molecule has 9 nitrogen and oxygen atoms in total. The molecule has 0 saturated carbocycles. The van der Waals surface area contributed by atoms with Crippen LogP contribution in [0.5, 0.6) is 0 Å².